The summed E-state index contributed by atoms with van der Waals surface area (Å²) in [5.74, 6) is 0.394. The van der Waals surface area contributed by atoms with Crippen LogP contribution in [0.3, 0.4) is 0 Å². The second kappa shape index (κ2) is 5.85. The van der Waals surface area contributed by atoms with Crippen molar-refractivity contribution >= 4 is 5.91 Å². The highest BCUT2D eigenvalue weighted by atomic mass is 16.2. The van der Waals surface area contributed by atoms with Crippen LogP contribution in [0, 0.1) is 5.41 Å². The summed E-state index contributed by atoms with van der Waals surface area (Å²) in [6.07, 6.45) is 3.21. The topological polar surface area (TPSA) is 23.6 Å². The third kappa shape index (κ3) is 2.82. The molecule has 0 aromatic rings. The van der Waals surface area contributed by atoms with Crippen LogP contribution in [0.15, 0.2) is 0 Å². The lowest BCUT2D eigenvalue weighted by Crippen LogP contribution is -2.46. The minimum absolute atomic E-state index is 0.0140. The first-order valence-electron chi connectivity index (χ1n) is 7.05. The van der Waals surface area contributed by atoms with E-state index in [-0.39, 0.29) is 5.41 Å². The zero-order valence-corrected chi connectivity index (χ0v) is 12.1. The summed E-state index contributed by atoms with van der Waals surface area (Å²) in [5, 5.41) is 0. The van der Waals surface area contributed by atoms with Gasteiger partial charge in [-0.25, -0.2) is 0 Å². The molecule has 0 N–H and O–H groups in total. The second-order valence-electron chi connectivity index (χ2n) is 5.39. The first-order valence-corrected chi connectivity index (χ1v) is 7.05. The van der Waals surface area contributed by atoms with Gasteiger partial charge < -0.3 is 9.80 Å². The molecular formula is C14H28N2O. The Kier molecular flexibility index (Phi) is 4.99. The van der Waals surface area contributed by atoms with E-state index < -0.39 is 0 Å². The summed E-state index contributed by atoms with van der Waals surface area (Å²) in [4.78, 5) is 16.5. The molecule has 0 unspecified atom stereocenters. The van der Waals surface area contributed by atoms with Gasteiger partial charge in [0, 0.05) is 19.6 Å². The van der Waals surface area contributed by atoms with Crippen molar-refractivity contribution in [2.24, 2.45) is 5.41 Å². The second-order valence-corrected chi connectivity index (χ2v) is 5.39. The van der Waals surface area contributed by atoms with E-state index in [1.54, 1.807) is 0 Å². The number of amides is 1. The molecule has 100 valence electrons. The van der Waals surface area contributed by atoms with E-state index in [0.29, 0.717) is 11.9 Å². The molecule has 2 aliphatic rings. The van der Waals surface area contributed by atoms with Crippen LogP contribution in [0.5, 0.6) is 0 Å². The van der Waals surface area contributed by atoms with Crippen LogP contribution in [0.1, 0.15) is 47.0 Å². The number of carbonyl (C=O) groups is 1. The molecule has 0 aromatic heterocycles. The van der Waals surface area contributed by atoms with E-state index in [2.05, 4.69) is 18.7 Å². The predicted molar refractivity (Wildman–Crippen MR) is 72.0 cm³/mol. The Hall–Kier alpha value is -0.570. The van der Waals surface area contributed by atoms with E-state index in [1.807, 2.05) is 25.8 Å². The fraction of sp³-hybridized carbons (Fsp3) is 0.929. The highest BCUT2D eigenvalue weighted by molar-refractivity contribution is 5.84. The Labute approximate surface area is 106 Å². The number of piperidine rings is 1. The van der Waals surface area contributed by atoms with Crippen molar-refractivity contribution in [3.8, 4) is 0 Å². The van der Waals surface area contributed by atoms with E-state index in [4.69, 9.17) is 0 Å². The molecule has 17 heavy (non-hydrogen) atoms. The molecular weight excluding hydrogens is 212 g/mol. The molecule has 0 saturated carbocycles. The van der Waals surface area contributed by atoms with Crippen molar-refractivity contribution in [3.63, 3.8) is 0 Å². The molecule has 0 atom stereocenters. The molecule has 2 fully saturated rings. The quantitative estimate of drug-likeness (QED) is 0.702. The Bertz CT molecular complexity index is 255. The van der Waals surface area contributed by atoms with Crippen LogP contribution in [-0.2, 0) is 4.79 Å². The fourth-order valence-electron chi connectivity index (χ4n) is 2.93. The van der Waals surface area contributed by atoms with Crippen LogP contribution in [0.4, 0.5) is 0 Å². The van der Waals surface area contributed by atoms with E-state index in [0.717, 1.165) is 38.9 Å². The molecule has 2 saturated heterocycles. The Morgan fingerprint density at radius 2 is 1.53 bits per heavy atom. The minimum Gasteiger partial charge on any atom is -0.345 e. The molecule has 2 aliphatic heterocycles. The fourth-order valence-corrected chi connectivity index (χ4v) is 2.93. The van der Waals surface area contributed by atoms with Crippen LogP contribution in [0.2, 0.25) is 0 Å². The number of hydrogen-bond acceptors (Lipinski definition) is 2. The summed E-state index contributed by atoms with van der Waals surface area (Å²) < 4.78 is 0. The molecule has 0 aromatic carbocycles. The molecule has 0 radical (unpaired) electrons. The van der Waals surface area contributed by atoms with E-state index >= 15 is 0 Å². The lowest BCUT2D eigenvalue weighted by molar-refractivity contribution is -0.137. The van der Waals surface area contributed by atoms with Crippen molar-refractivity contribution in [1.29, 1.82) is 0 Å². The Balaban J connectivity index is 0.000000686. The third-order valence-electron chi connectivity index (χ3n) is 4.21. The highest BCUT2D eigenvalue weighted by Crippen LogP contribution is 2.41. The van der Waals surface area contributed by atoms with E-state index in [1.165, 1.54) is 0 Å². The maximum absolute atomic E-state index is 12.1. The van der Waals surface area contributed by atoms with Crippen molar-refractivity contribution in [1.82, 2.24) is 9.80 Å². The van der Waals surface area contributed by atoms with Gasteiger partial charge >= 0.3 is 0 Å². The van der Waals surface area contributed by atoms with Crippen LogP contribution in [0.25, 0.3) is 0 Å². The average molecular weight is 240 g/mol. The lowest BCUT2D eigenvalue weighted by atomic mass is 9.77. The summed E-state index contributed by atoms with van der Waals surface area (Å²) >= 11 is 0. The number of hydrogen-bond donors (Lipinski definition) is 0. The Morgan fingerprint density at radius 1 is 1.06 bits per heavy atom. The first-order chi connectivity index (χ1) is 8.05. The van der Waals surface area contributed by atoms with Gasteiger partial charge in [-0.1, -0.05) is 13.8 Å². The van der Waals surface area contributed by atoms with Crippen LogP contribution < -0.4 is 0 Å². The van der Waals surface area contributed by atoms with E-state index in [9.17, 15) is 4.79 Å². The van der Waals surface area contributed by atoms with Gasteiger partial charge in [0.1, 0.15) is 0 Å². The summed E-state index contributed by atoms with van der Waals surface area (Å²) in [7, 11) is 1.94. The summed E-state index contributed by atoms with van der Waals surface area (Å²) in [5.41, 5.74) is 0.0140. The molecule has 2 heterocycles. The average Bonchev–Trinajstić information content (AvgIpc) is 2.62. The number of nitrogens with zero attached hydrogens (tertiary/aromatic N) is 2. The molecule has 0 bridgehead atoms. The largest absolute Gasteiger partial charge is 0.345 e. The van der Waals surface area contributed by atoms with Crippen LogP contribution in [-0.4, -0.2) is 48.4 Å². The SMILES string of the molecule is CC.CC(C)N1CCC2(CCN(C)C2=O)CC1. The van der Waals surface area contributed by atoms with Gasteiger partial charge in [0.15, 0.2) is 0 Å². The normalized spacial score (nSPS) is 24.1. The van der Waals surface area contributed by atoms with Gasteiger partial charge in [-0.15, -0.1) is 0 Å². The monoisotopic (exact) mass is 240 g/mol. The Morgan fingerprint density at radius 3 is 1.88 bits per heavy atom. The van der Waals surface area contributed by atoms with Gasteiger partial charge in [0.25, 0.3) is 0 Å². The number of rotatable bonds is 1. The van der Waals surface area contributed by atoms with Gasteiger partial charge in [-0.3, -0.25) is 4.79 Å². The summed E-state index contributed by atoms with van der Waals surface area (Å²) in [6, 6.07) is 0.622. The van der Waals surface area contributed by atoms with Crippen molar-refractivity contribution in [2.75, 3.05) is 26.7 Å². The zero-order chi connectivity index (χ0) is 13.1. The van der Waals surface area contributed by atoms with Gasteiger partial charge in [-0.2, -0.15) is 0 Å². The van der Waals surface area contributed by atoms with Crippen LogP contribution >= 0.6 is 0 Å². The number of likely N-dealkylation sites (tertiary alicyclic amines) is 2. The molecule has 3 heteroatoms. The molecule has 1 amide bonds. The molecule has 0 aliphatic carbocycles. The predicted octanol–water partition coefficient (Wildman–Crippen LogP) is 2.37. The molecule has 1 spiro atoms. The summed E-state index contributed by atoms with van der Waals surface area (Å²) in [6.45, 7) is 11.6. The maximum atomic E-state index is 12.1. The van der Waals surface area contributed by atoms with Crippen molar-refractivity contribution < 1.29 is 4.79 Å². The molecule has 2 rings (SSSR count). The standard InChI is InChI=1S/C12H22N2O.C2H6/c1-10(2)14-8-5-12(6-9-14)4-7-13(3)11(12)15;1-2/h10H,4-9H2,1-3H3;1-2H3. The first kappa shape index (κ1) is 14.5. The van der Waals surface area contributed by atoms with Crippen molar-refractivity contribution in [3.05, 3.63) is 0 Å². The zero-order valence-electron chi connectivity index (χ0n) is 12.1. The molecule has 3 nitrogen and oxygen atoms in total. The lowest BCUT2D eigenvalue weighted by Gasteiger charge is -2.39. The maximum Gasteiger partial charge on any atom is 0.228 e. The van der Waals surface area contributed by atoms with Crippen molar-refractivity contribution in [2.45, 2.75) is 53.0 Å². The highest BCUT2D eigenvalue weighted by Gasteiger charge is 2.46. The smallest absolute Gasteiger partial charge is 0.228 e. The van der Waals surface area contributed by atoms with Gasteiger partial charge in [0.05, 0.1) is 5.41 Å². The number of carbonyl (C=O) groups excluding carboxylic acids is 1. The third-order valence-corrected chi connectivity index (χ3v) is 4.21. The van der Waals surface area contributed by atoms with Gasteiger partial charge in [0.2, 0.25) is 5.91 Å². The minimum atomic E-state index is 0.0140. The van der Waals surface area contributed by atoms with Gasteiger partial charge in [-0.05, 0) is 46.2 Å².